The van der Waals surface area contributed by atoms with Crippen molar-refractivity contribution < 1.29 is 19.4 Å². The second kappa shape index (κ2) is 7.34. The molecule has 0 heterocycles. The molecule has 0 radical (unpaired) electrons. The van der Waals surface area contributed by atoms with Crippen LogP contribution in [0.4, 0.5) is 0 Å². The van der Waals surface area contributed by atoms with Crippen molar-refractivity contribution in [1.82, 2.24) is 5.32 Å². The highest BCUT2D eigenvalue weighted by Crippen LogP contribution is 2.49. The molecule has 24 heavy (non-hydrogen) atoms. The zero-order valence-corrected chi connectivity index (χ0v) is 14.0. The van der Waals surface area contributed by atoms with Crippen LogP contribution in [0.25, 0.3) is 0 Å². The van der Waals surface area contributed by atoms with Gasteiger partial charge in [0.25, 0.3) is 5.91 Å². The van der Waals surface area contributed by atoms with Crippen molar-refractivity contribution in [2.24, 2.45) is 17.8 Å². The van der Waals surface area contributed by atoms with E-state index in [1.165, 1.54) is 25.7 Å². The first-order valence-electron chi connectivity index (χ1n) is 8.73. The lowest BCUT2D eigenvalue weighted by Crippen LogP contribution is -2.42. The monoisotopic (exact) mass is 331 g/mol. The fourth-order valence-corrected chi connectivity index (χ4v) is 4.27. The van der Waals surface area contributed by atoms with E-state index in [0.717, 1.165) is 17.4 Å². The van der Waals surface area contributed by atoms with Crippen LogP contribution >= 0.6 is 0 Å². The number of carbonyl (C=O) groups excluding carboxylic acids is 2. The highest BCUT2D eigenvalue weighted by atomic mass is 16.5. The Labute approximate surface area is 142 Å². The van der Waals surface area contributed by atoms with Crippen LogP contribution in [0.15, 0.2) is 24.3 Å². The van der Waals surface area contributed by atoms with Crippen molar-refractivity contribution in [3.63, 3.8) is 0 Å². The molecule has 1 aromatic rings. The molecule has 1 aromatic carbocycles. The Kier molecular flexibility index (Phi) is 5.19. The molecule has 0 spiro atoms. The van der Waals surface area contributed by atoms with Crippen molar-refractivity contribution in [2.75, 3.05) is 6.61 Å². The molecular weight excluding hydrogens is 306 g/mol. The molecule has 5 nitrogen and oxygen atoms in total. The van der Waals surface area contributed by atoms with Gasteiger partial charge < -0.3 is 15.2 Å². The fraction of sp³-hybridized carbons (Fsp3) is 0.579. The quantitative estimate of drug-likeness (QED) is 0.784. The van der Waals surface area contributed by atoms with E-state index in [2.05, 4.69) is 12.2 Å². The minimum absolute atomic E-state index is 0.0708. The van der Waals surface area contributed by atoms with E-state index in [9.17, 15) is 9.59 Å². The average molecular weight is 331 g/mol. The van der Waals surface area contributed by atoms with E-state index < -0.39 is 5.97 Å². The number of nitrogens with one attached hydrogen (secondary N) is 1. The average Bonchev–Trinajstić information content (AvgIpc) is 3.23. The Bertz CT molecular complexity index is 598. The molecule has 2 aliphatic rings. The van der Waals surface area contributed by atoms with E-state index >= 15 is 0 Å². The topological polar surface area (TPSA) is 75.6 Å². The van der Waals surface area contributed by atoms with Gasteiger partial charge in [-0.15, -0.1) is 0 Å². The van der Waals surface area contributed by atoms with E-state index in [1.807, 2.05) is 0 Å². The summed E-state index contributed by atoms with van der Waals surface area (Å²) in [5.41, 5.74) is 1.10. The Morgan fingerprint density at radius 1 is 1.25 bits per heavy atom. The smallest absolute Gasteiger partial charge is 0.338 e. The van der Waals surface area contributed by atoms with E-state index in [-0.39, 0.29) is 25.2 Å². The summed E-state index contributed by atoms with van der Waals surface area (Å²) in [7, 11) is 0. The van der Waals surface area contributed by atoms with Crippen molar-refractivity contribution >= 4 is 11.9 Å². The molecule has 2 N–H and O–H groups in total. The van der Waals surface area contributed by atoms with Gasteiger partial charge in [0.15, 0.2) is 6.61 Å². The minimum Gasteiger partial charge on any atom is -0.452 e. The Balaban J connectivity index is 1.44. The van der Waals surface area contributed by atoms with Gasteiger partial charge in [0.1, 0.15) is 0 Å². The zero-order valence-electron chi connectivity index (χ0n) is 14.0. The number of aliphatic hydroxyl groups excluding tert-OH is 1. The molecule has 3 rings (SSSR count). The van der Waals surface area contributed by atoms with Gasteiger partial charge in [-0.3, -0.25) is 4.79 Å². The summed E-state index contributed by atoms with van der Waals surface area (Å²) in [6.45, 7) is 1.73. The van der Waals surface area contributed by atoms with Gasteiger partial charge >= 0.3 is 5.97 Å². The molecular formula is C19H25NO4. The summed E-state index contributed by atoms with van der Waals surface area (Å²) in [5.74, 6) is 1.39. The van der Waals surface area contributed by atoms with Crippen LogP contribution in [0.1, 0.15) is 48.5 Å². The van der Waals surface area contributed by atoms with E-state index in [1.54, 1.807) is 24.3 Å². The molecule has 2 bridgehead atoms. The molecule has 5 heteroatoms. The van der Waals surface area contributed by atoms with Gasteiger partial charge in [-0.1, -0.05) is 18.6 Å². The van der Waals surface area contributed by atoms with E-state index in [4.69, 9.17) is 9.84 Å². The van der Waals surface area contributed by atoms with Gasteiger partial charge in [0, 0.05) is 6.04 Å². The number of hydrogen-bond acceptors (Lipinski definition) is 4. The summed E-state index contributed by atoms with van der Waals surface area (Å²) in [4.78, 5) is 24.0. The number of rotatable bonds is 6. The summed E-state index contributed by atoms with van der Waals surface area (Å²) in [6, 6.07) is 6.63. The molecule has 0 aromatic heterocycles. The number of aliphatic hydroxyl groups is 1. The van der Waals surface area contributed by atoms with Gasteiger partial charge in [-0.25, -0.2) is 4.79 Å². The molecule has 0 saturated heterocycles. The van der Waals surface area contributed by atoms with Crippen molar-refractivity contribution in [3.05, 3.63) is 35.4 Å². The second-order valence-electron chi connectivity index (χ2n) is 7.13. The number of esters is 1. The molecule has 0 aliphatic heterocycles. The molecule has 2 fully saturated rings. The third-order valence-corrected chi connectivity index (χ3v) is 5.53. The number of benzene rings is 1. The highest BCUT2D eigenvalue weighted by Gasteiger charge is 2.42. The molecule has 0 unspecified atom stereocenters. The number of carbonyl (C=O) groups is 2. The first-order chi connectivity index (χ1) is 11.6. The predicted octanol–water partition coefficient (Wildman–Crippen LogP) is 2.28. The van der Waals surface area contributed by atoms with Crippen molar-refractivity contribution in [2.45, 2.75) is 45.3 Å². The van der Waals surface area contributed by atoms with Crippen molar-refractivity contribution in [3.8, 4) is 0 Å². The van der Waals surface area contributed by atoms with Crippen LogP contribution < -0.4 is 5.32 Å². The largest absolute Gasteiger partial charge is 0.452 e. The first-order valence-corrected chi connectivity index (χ1v) is 8.73. The third kappa shape index (κ3) is 3.78. The Morgan fingerprint density at radius 3 is 2.58 bits per heavy atom. The Morgan fingerprint density at radius 2 is 2.00 bits per heavy atom. The summed E-state index contributed by atoms with van der Waals surface area (Å²) in [5, 5.41) is 12.0. The lowest BCUT2D eigenvalue weighted by atomic mass is 9.84. The maximum Gasteiger partial charge on any atom is 0.338 e. The lowest BCUT2D eigenvalue weighted by molar-refractivity contribution is -0.125. The fourth-order valence-electron chi connectivity index (χ4n) is 4.27. The standard InChI is InChI=1S/C19H25NO4/c1-12(17-9-14-4-7-16(17)8-14)20-18(22)11-24-19(23)15-5-2-13(10-21)3-6-15/h2-3,5-6,12,14,16-17,21H,4,7-11H2,1H3,(H,20,22)/t12-,14+,16+,17-/m1/s1. The second-order valence-corrected chi connectivity index (χ2v) is 7.13. The third-order valence-electron chi connectivity index (χ3n) is 5.53. The van der Waals surface area contributed by atoms with Crippen LogP contribution in [0.2, 0.25) is 0 Å². The van der Waals surface area contributed by atoms with Crippen LogP contribution in [-0.4, -0.2) is 29.6 Å². The Hall–Kier alpha value is -1.88. The number of ether oxygens (including phenoxy) is 1. The van der Waals surface area contributed by atoms with Crippen LogP contribution in [0, 0.1) is 17.8 Å². The number of hydrogen-bond donors (Lipinski definition) is 2. The van der Waals surface area contributed by atoms with Gasteiger partial charge in [-0.2, -0.15) is 0 Å². The van der Waals surface area contributed by atoms with Gasteiger partial charge in [0.2, 0.25) is 0 Å². The van der Waals surface area contributed by atoms with Gasteiger partial charge in [-0.05, 0) is 61.6 Å². The minimum atomic E-state index is -0.526. The van der Waals surface area contributed by atoms with Gasteiger partial charge in [0.05, 0.1) is 12.2 Å². The van der Waals surface area contributed by atoms with Crippen LogP contribution in [0.3, 0.4) is 0 Å². The zero-order chi connectivity index (χ0) is 17.1. The molecule has 1 amide bonds. The summed E-state index contributed by atoms with van der Waals surface area (Å²) in [6.07, 6.45) is 5.15. The maximum absolute atomic E-state index is 12.0. The molecule has 2 saturated carbocycles. The predicted molar refractivity (Wildman–Crippen MR) is 89.2 cm³/mol. The molecule has 130 valence electrons. The summed E-state index contributed by atoms with van der Waals surface area (Å²) >= 11 is 0. The normalized spacial score (nSPS) is 26.2. The number of amides is 1. The van der Waals surface area contributed by atoms with Crippen molar-refractivity contribution in [1.29, 1.82) is 0 Å². The SMILES string of the molecule is C[C@@H](NC(=O)COC(=O)c1ccc(CO)cc1)[C@H]1C[C@H]2CC[C@H]1C2. The summed E-state index contributed by atoms with van der Waals surface area (Å²) < 4.78 is 5.08. The van der Waals surface area contributed by atoms with Crippen LogP contribution in [-0.2, 0) is 16.1 Å². The first kappa shape index (κ1) is 17.0. The highest BCUT2D eigenvalue weighted by molar-refractivity contribution is 5.91. The molecule has 2 aliphatic carbocycles. The van der Waals surface area contributed by atoms with E-state index in [0.29, 0.717) is 11.5 Å². The maximum atomic E-state index is 12.0. The number of fused-ring (bicyclic) bond motifs is 2. The lowest BCUT2D eigenvalue weighted by Gasteiger charge is -2.28. The van der Waals surface area contributed by atoms with Crippen LogP contribution in [0.5, 0.6) is 0 Å². The molecule has 4 atom stereocenters.